The number of rotatable bonds is 3. The summed E-state index contributed by atoms with van der Waals surface area (Å²) < 4.78 is 2.87. The average Bonchev–Trinajstić information content (AvgIpc) is 2.89. The van der Waals surface area contributed by atoms with Gasteiger partial charge < -0.3 is 5.32 Å². The topological polar surface area (TPSA) is 81.3 Å². The smallest absolute Gasteiger partial charge is 0.273 e. The summed E-state index contributed by atoms with van der Waals surface area (Å²) in [5.74, 6) is -0.272. The van der Waals surface area contributed by atoms with E-state index in [2.05, 4.69) is 15.3 Å². The SMILES string of the molecule is CCNC(=O)c1cc2nccc(=O)n2n1-c1cccnc1. The second-order valence-electron chi connectivity index (χ2n) is 4.37. The maximum absolute atomic E-state index is 12.2. The highest BCUT2D eigenvalue weighted by Crippen LogP contribution is 2.13. The van der Waals surface area contributed by atoms with Gasteiger partial charge in [0.05, 0.1) is 11.9 Å². The van der Waals surface area contributed by atoms with Gasteiger partial charge in [0.25, 0.3) is 11.5 Å². The highest BCUT2D eigenvalue weighted by Gasteiger charge is 2.18. The lowest BCUT2D eigenvalue weighted by Crippen LogP contribution is -2.28. The second kappa shape index (κ2) is 5.20. The number of nitrogens with one attached hydrogen (secondary N) is 1. The minimum absolute atomic E-state index is 0.264. The van der Waals surface area contributed by atoms with Gasteiger partial charge in [-0.25, -0.2) is 9.67 Å². The van der Waals surface area contributed by atoms with Gasteiger partial charge in [0.1, 0.15) is 5.69 Å². The van der Waals surface area contributed by atoms with Gasteiger partial charge in [0.2, 0.25) is 0 Å². The van der Waals surface area contributed by atoms with Crippen molar-refractivity contribution in [3.05, 3.63) is 58.9 Å². The molecule has 3 aromatic heterocycles. The molecule has 0 atom stereocenters. The molecule has 0 aromatic carbocycles. The number of amides is 1. The van der Waals surface area contributed by atoms with Gasteiger partial charge in [-0.15, -0.1) is 0 Å². The molecule has 7 heteroatoms. The molecule has 0 bridgehead atoms. The molecular formula is C14H13N5O2. The first-order chi connectivity index (χ1) is 10.2. The van der Waals surface area contributed by atoms with Crippen molar-refractivity contribution in [1.29, 1.82) is 0 Å². The first kappa shape index (κ1) is 13.0. The molecule has 0 aliphatic rings. The van der Waals surface area contributed by atoms with Gasteiger partial charge in [-0.2, -0.15) is 4.52 Å². The van der Waals surface area contributed by atoms with Crippen LogP contribution in [0.15, 0.2) is 47.7 Å². The molecule has 0 unspecified atom stereocenters. The van der Waals surface area contributed by atoms with E-state index < -0.39 is 0 Å². The number of hydrogen-bond donors (Lipinski definition) is 1. The van der Waals surface area contributed by atoms with Crippen molar-refractivity contribution in [2.75, 3.05) is 6.54 Å². The van der Waals surface area contributed by atoms with Crippen molar-refractivity contribution in [2.45, 2.75) is 6.92 Å². The predicted octanol–water partition coefficient (Wildman–Crippen LogP) is 0.630. The Morgan fingerprint density at radius 3 is 2.90 bits per heavy atom. The van der Waals surface area contributed by atoms with Crippen molar-refractivity contribution < 1.29 is 4.79 Å². The summed E-state index contributed by atoms with van der Waals surface area (Å²) in [4.78, 5) is 32.5. The summed E-state index contributed by atoms with van der Waals surface area (Å²) in [6.45, 7) is 2.33. The molecule has 3 aromatic rings. The van der Waals surface area contributed by atoms with E-state index in [1.54, 1.807) is 30.6 Å². The third kappa shape index (κ3) is 2.18. The van der Waals surface area contributed by atoms with Crippen LogP contribution >= 0.6 is 0 Å². The fourth-order valence-corrected chi connectivity index (χ4v) is 2.15. The van der Waals surface area contributed by atoms with Crippen molar-refractivity contribution in [2.24, 2.45) is 0 Å². The van der Waals surface area contributed by atoms with Crippen molar-refractivity contribution >= 4 is 11.6 Å². The lowest BCUT2D eigenvalue weighted by Gasteiger charge is -2.09. The number of nitrogens with zero attached hydrogens (tertiary/aromatic N) is 4. The maximum Gasteiger partial charge on any atom is 0.273 e. The van der Waals surface area contributed by atoms with Crippen LogP contribution in [0, 0.1) is 0 Å². The van der Waals surface area contributed by atoms with E-state index in [1.165, 1.54) is 21.5 Å². The monoisotopic (exact) mass is 283 g/mol. The molecule has 0 aliphatic heterocycles. The molecule has 0 spiro atoms. The third-order valence-corrected chi connectivity index (χ3v) is 3.00. The predicted molar refractivity (Wildman–Crippen MR) is 76.6 cm³/mol. The number of pyridine rings is 1. The van der Waals surface area contributed by atoms with Crippen LogP contribution in [-0.4, -0.2) is 31.6 Å². The molecule has 3 heterocycles. The Bertz CT molecular complexity index is 851. The number of hydrogen-bond acceptors (Lipinski definition) is 4. The second-order valence-corrected chi connectivity index (χ2v) is 4.37. The summed E-state index contributed by atoms with van der Waals surface area (Å²) in [7, 11) is 0. The number of fused-ring (bicyclic) bond motifs is 1. The Labute approximate surface area is 119 Å². The minimum Gasteiger partial charge on any atom is -0.351 e. The number of aromatic nitrogens is 4. The fraction of sp³-hybridized carbons (Fsp3) is 0.143. The van der Waals surface area contributed by atoms with Gasteiger partial charge >= 0.3 is 0 Å². The first-order valence-corrected chi connectivity index (χ1v) is 6.50. The zero-order valence-corrected chi connectivity index (χ0v) is 11.4. The summed E-state index contributed by atoms with van der Waals surface area (Å²) >= 11 is 0. The average molecular weight is 283 g/mol. The van der Waals surface area contributed by atoms with Gasteiger partial charge in [-0.1, -0.05) is 0 Å². The summed E-state index contributed by atoms with van der Waals surface area (Å²) in [6, 6.07) is 6.44. The van der Waals surface area contributed by atoms with Crippen LogP contribution < -0.4 is 10.9 Å². The van der Waals surface area contributed by atoms with Gasteiger partial charge in [0.15, 0.2) is 5.65 Å². The Hall–Kier alpha value is -2.96. The largest absolute Gasteiger partial charge is 0.351 e. The first-order valence-electron chi connectivity index (χ1n) is 6.50. The number of carbonyl (C=O) groups excluding carboxylic acids is 1. The molecule has 7 nitrogen and oxygen atoms in total. The molecular weight excluding hydrogens is 270 g/mol. The van der Waals surface area contributed by atoms with Gasteiger partial charge in [0, 0.05) is 31.1 Å². The van der Waals surface area contributed by atoms with E-state index in [9.17, 15) is 9.59 Å². The Morgan fingerprint density at radius 2 is 2.19 bits per heavy atom. The summed E-state index contributed by atoms with van der Waals surface area (Å²) in [5.41, 5.74) is 1.09. The number of carbonyl (C=O) groups is 1. The van der Waals surface area contributed by atoms with Crippen LogP contribution in [-0.2, 0) is 0 Å². The molecule has 1 amide bonds. The highest BCUT2D eigenvalue weighted by molar-refractivity contribution is 5.94. The molecule has 0 saturated carbocycles. The zero-order valence-electron chi connectivity index (χ0n) is 11.4. The van der Waals surface area contributed by atoms with Crippen LogP contribution in [0.25, 0.3) is 11.3 Å². The van der Waals surface area contributed by atoms with Crippen LogP contribution in [0.5, 0.6) is 0 Å². The molecule has 0 fully saturated rings. The fourth-order valence-electron chi connectivity index (χ4n) is 2.15. The Balaban J connectivity index is 2.35. The molecule has 106 valence electrons. The Kier molecular flexibility index (Phi) is 3.23. The standard InChI is InChI=1S/C14H13N5O2/c1-2-16-14(21)11-8-12-17-7-5-13(20)19(12)18(11)10-4-3-6-15-9-10/h3-9H,2H2,1H3,(H,16,21). The lowest BCUT2D eigenvalue weighted by atomic mass is 10.3. The Morgan fingerprint density at radius 1 is 1.33 bits per heavy atom. The van der Waals surface area contributed by atoms with E-state index in [0.717, 1.165) is 0 Å². The van der Waals surface area contributed by atoms with Gasteiger partial charge in [-0.3, -0.25) is 14.6 Å². The zero-order chi connectivity index (χ0) is 14.8. The van der Waals surface area contributed by atoms with Crippen molar-refractivity contribution in [1.82, 2.24) is 24.5 Å². The molecule has 0 radical (unpaired) electrons. The third-order valence-electron chi connectivity index (χ3n) is 3.00. The lowest BCUT2D eigenvalue weighted by molar-refractivity contribution is 0.0947. The van der Waals surface area contributed by atoms with E-state index >= 15 is 0 Å². The van der Waals surface area contributed by atoms with E-state index in [-0.39, 0.29) is 11.5 Å². The van der Waals surface area contributed by atoms with Crippen LogP contribution in [0.1, 0.15) is 17.4 Å². The quantitative estimate of drug-likeness (QED) is 0.764. The molecule has 0 aliphatic carbocycles. The van der Waals surface area contributed by atoms with Crippen LogP contribution in [0.2, 0.25) is 0 Å². The molecule has 3 rings (SSSR count). The van der Waals surface area contributed by atoms with E-state index in [1.807, 2.05) is 6.92 Å². The van der Waals surface area contributed by atoms with Crippen molar-refractivity contribution in [3.63, 3.8) is 0 Å². The van der Waals surface area contributed by atoms with E-state index in [0.29, 0.717) is 23.6 Å². The minimum atomic E-state index is -0.272. The van der Waals surface area contributed by atoms with Crippen LogP contribution in [0.4, 0.5) is 0 Å². The molecule has 1 N–H and O–H groups in total. The summed E-state index contributed by atoms with van der Waals surface area (Å²) in [5, 5.41) is 2.73. The summed E-state index contributed by atoms with van der Waals surface area (Å²) in [6.07, 6.45) is 4.64. The maximum atomic E-state index is 12.2. The van der Waals surface area contributed by atoms with Gasteiger partial charge in [-0.05, 0) is 19.1 Å². The van der Waals surface area contributed by atoms with E-state index in [4.69, 9.17) is 0 Å². The highest BCUT2D eigenvalue weighted by atomic mass is 16.2. The molecule has 21 heavy (non-hydrogen) atoms. The van der Waals surface area contributed by atoms with Crippen molar-refractivity contribution in [3.8, 4) is 5.69 Å². The normalized spacial score (nSPS) is 10.7. The molecule has 0 saturated heterocycles. The van der Waals surface area contributed by atoms with Crippen LogP contribution in [0.3, 0.4) is 0 Å².